The lowest BCUT2D eigenvalue weighted by atomic mass is 9.97. The van der Waals surface area contributed by atoms with Crippen LogP contribution in [0.4, 0.5) is 4.79 Å². The summed E-state index contributed by atoms with van der Waals surface area (Å²) in [5.74, 6) is 0.296. The zero-order valence-corrected chi connectivity index (χ0v) is 12.9. The molecule has 0 spiro atoms. The second kappa shape index (κ2) is 6.61. The fourth-order valence-electron chi connectivity index (χ4n) is 2.83. The molecular formula is C14H24N2O3S. The molecule has 1 aliphatic carbocycles. The van der Waals surface area contributed by atoms with Crippen molar-refractivity contribution in [3.05, 3.63) is 11.6 Å². The first-order valence-corrected chi connectivity index (χ1v) is 9.19. The Morgan fingerprint density at radius 3 is 2.85 bits per heavy atom. The molecule has 2 rings (SSSR count). The molecular weight excluding hydrogens is 276 g/mol. The molecule has 1 heterocycles. The standard InChI is InChI=1S/C14H24N2O3S/c1-16(13-8-10-20(18,19)11-13)14(17)15-9-7-12-5-3-2-4-6-12/h5,13H,2-4,6-11H2,1H3,(H,15,17). The SMILES string of the molecule is CN(C(=O)NCCC1=CCCCC1)C1CCS(=O)(=O)C1. The van der Waals surface area contributed by atoms with Crippen molar-refractivity contribution in [1.82, 2.24) is 10.2 Å². The second-order valence-electron chi connectivity index (χ2n) is 5.76. The first-order valence-electron chi connectivity index (χ1n) is 7.37. The predicted molar refractivity (Wildman–Crippen MR) is 79.4 cm³/mol. The zero-order chi connectivity index (χ0) is 14.6. The smallest absolute Gasteiger partial charge is 0.317 e. The summed E-state index contributed by atoms with van der Waals surface area (Å²) in [7, 11) is -1.26. The number of hydrogen-bond donors (Lipinski definition) is 1. The van der Waals surface area contributed by atoms with E-state index in [0.29, 0.717) is 13.0 Å². The van der Waals surface area contributed by atoms with E-state index in [2.05, 4.69) is 11.4 Å². The number of urea groups is 1. The van der Waals surface area contributed by atoms with Crippen molar-refractivity contribution in [3.63, 3.8) is 0 Å². The average Bonchev–Trinajstić information content (AvgIpc) is 2.79. The van der Waals surface area contributed by atoms with Gasteiger partial charge in [0, 0.05) is 19.6 Å². The van der Waals surface area contributed by atoms with E-state index >= 15 is 0 Å². The van der Waals surface area contributed by atoms with Gasteiger partial charge < -0.3 is 10.2 Å². The Bertz CT molecular complexity index is 485. The lowest BCUT2D eigenvalue weighted by molar-refractivity contribution is 0.195. The van der Waals surface area contributed by atoms with Crippen LogP contribution in [0.5, 0.6) is 0 Å². The van der Waals surface area contributed by atoms with Gasteiger partial charge in [-0.1, -0.05) is 11.6 Å². The van der Waals surface area contributed by atoms with E-state index in [1.54, 1.807) is 11.9 Å². The van der Waals surface area contributed by atoms with Gasteiger partial charge in [0.25, 0.3) is 0 Å². The summed E-state index contributed by atoms with van der Waals surface area (Å²) in [6, 6.07) is -0.336. The molecule has 0 aromatic rings. The van der Waals surface area contributed by atoms with Crippen LogP contribution in [0.3, 0.4) is 0 Å². The molecule has 1 saturated heterocycles. The maximum absolute atomic E-state index is 12.0. The van der Waals surface area contributed by atoms with E-state index in [9.17, 15) is 13.2 Å². The summed E-state index contributed by atoms with van der Waals surface area (Å²) in [6.45, 7) is 0.633. The van der Waals surface area contributed by atoms with Gasteiger partial charge in [0.1, 0.15) is 0 Å². The Kier molecular flexibility index (Phi) is 5.07. The second-order valence-corrected chi connectivity index (χ2v) is 7.99. The van der Waals surface area contributed by atoms with Crippen LogP contribution in [-0.2, 0) is 9.84 Å². The van der Waals surface area contributed by atoms with Gasteiger partial charge in [0.15, 0.2) is 9.84 Å². The minimum absolute atomic E-state index is 0.0993. The number of hydrogen-bond acceptors (Lipinski definition) is 3. The summed E-state index contributed by atoms with van der Waals surface area (Å²) >= 11 is 0. The quantitative estimate of drug-likeness (QED) is 0.804. The molecule has 0 saturated carbocycles. The lowest BCUT2D eigenvalue weighted by Gasteiger charge is -2.24. The molecule has 114 valence electrons. The number of carbonyl (C=O) groups excluding carboxylic acids is 1. The highest BCUT2D eigenvalue weighted by molar-refractivity contribution is 7.91. The molecule has 0 bridgehead atoms. The van der Waals surface area contributed by atoms with Crippen molar-refractivity contribution in [3.8, 4) is 0 Å². The molecule has 20 heavy (non-hydrogen) atoms. The highest BCUT2D eigenvalue weighted by atomic mass is 32.2. The summed E-state index contributed by atoms with van der Waals surface area (Å²) in [6.07, 6.45) is 8.56. The van der Waals surface area contributed by atoms with Crippen LogP contribution in [-0.4, -0.2) is 50.5 Å². The lowest BCUT2D eigenvalue weighted by Crippen LogP contribution is -2.44. The van der Waals surface area contributed by atoms with Crippen LogP contribution in [0.2, 0.25) is 0 Å². The van der Waals surface area contributed by atoms with Gasteiger partial charge in [0.05, 0.1) is 11.5 Å². The Morgan fingerprint density at radius 2 is 2.25 bits per heavy atom. The van der Waals surface area contributed by atoms with E-state index in [1.165, 1.54) is 18.4 Å². The number of nitrogens with zero attached hydrogens (tertiary/aromatic N) is 1. The molecule has 1 atom stereocenters. The normalized spacial score (nSPS) is 25.1. The fraction of sp³-hybridized carbons (Fsp3) is 0.786. The van der Waals surface area contributed by atoms with Crippen molar-refractivity contribution in [2.45, 2.75) is 44.6 Å². The van der Waals surface area contributed by atoms with Gasteiger partial charge in [-0.2, -0.15) is 0 Å². The molecule has 2 amide bonds. The Hall–Kier alpha value is -1.04. The number of amides is 2. The van der Waals surface area contributed by atoms with Gasteiger partial charge in [0.2, 0.25) is 0 Å². The molecule has 5 nitrogen and oxygen atoms in total. The number of allylic oxidation sites excluding steroid dienone is 1. The van der Waals surface area contributed by atoms with Gasteiger partial charge >= 0.3 is 6.03 Å². The van der Waals surface area contributed by atoms with Crippen molar-refractivity contribution < 1.29 is 13.2 Å². The maximum atomic E-state index is 12.0. The van der Waals surface area contributed by atoms with Gasteiger partial charge in [-0.15, -0.1) is 0 Å². The number of rotatable bonds is 4. The summed E-state index contributed by atoms with van der Waals surface area (Å²) in [5, 5.41) is 2.89. The minimum Gasteiger partial charge on any atom is -0.338 e. The monoisotopic (exact) mass is 300 g/mol. The van der Waals surface area contributed by atoms with Gasteiger partial charge in [-0.3, -0.25) is 0 Å². The Labute approximate surface area is 121 Å². The molecule has 0 aromatic heterocycles. The van der Waals surface area contributed by atoms with Crippen molar-refractivity contribution in [1.29, 1.82) is 0 Å². The zero-order valence-electron chi connectivity index (χ0n) is 12.1. The number of sulfone groups is 1. The molecule has 6 heteroatoms. The summed E-state index contributed by atoms with van der Waals surface area (Å²) in [5.41, 5.74) is 1.43. The predicted octanol–water partition coefficient (Wildman–Crippen LogP) is 1.71. The van der Waals surface area contributed by atoms with E-state index in [-0.39, 0.29) is 23.6 Å². The van der Waals surface area contributed by atoms with E-state index in [1.807, 2.05) is 0 Å². The Morgan fingerprint density at radius 1 is 1.45 bits per heavy atom. The molecule has 1 unspecified atom stereocenters. The third-order valence-electron chi connectivity index (χ3n) is 4.18. The number of carbonyl (C=O) groups is 1. The first-order chi connectivity index (χ1) is 9.48. The minimum atomic E-state index is -2.94. The van der Waals surface area contributed by atoms with Crippen LogP contribution in [0, 0.1) is 0 Å². The molecule has 2 aliphatic rings. The van der Waals surface area contributed by atoms with Gasteiger partial charge in [-0.05, 0) is 38.5 Å². The van der Waals surface area contributed by atoms with E-state index in [4.69, 9.17) is 0 Å². The Balaban J connectivity index is 1.73. The van der Waals surface area contributed by atoms with Crippen molar-refractivity contribution in [2.75, 3.05) is 25.1 Å². The largest absolute Gasteiger partial charge is 0.338 e. The average molecular weight is 300 g/mol. The summed E-state index contributed by atoms with van der Waals surface area (Å²) < 4.78 is 22.8. The third-order valence-corrected chi connectivity index (χ3v) is 5.93. The highest BCUT2D eigenvalue weighted by Gasteiger charge is 2.32. The van der Waals surface area contributed by atoms with Crippen molar-refractivity contribution in [2.24, 2.45) is 0 Å². The van der Waals surface area contributed by atoms with Crippen LogP contribution in [0.1, 0.15) is 38.5 Å². The van der Waals surface area contributed by atoms with E-state index in [0.717, 1.165) is 19.3 Å². The maximum Gasteiger partial charge on any atom is 0.317 e. The highest BCUT2D eigenvalue weighted by Crippen LogP contribution is 2.19. The topological polar surface area (TPSA) is 66.5 Å². The first kappa shape index (κ1) is 15.4. The molecule has 1 N–H and O–H groups in total. The molecule has 1 fully saturated rings. The molecule has 1 aliphatic heterocycles. The third kappa shape index (κ3) is 4.23. The summed E-state index contributed by atoms with van der Waals surface area (Å²) in [4.78, 5) is 13.5. The van der Waals surface area contributed by atoms with Crippen LogP contribution < -0.4 is 5.32 Å². The van der Waals surface area contributed by atoms with Crippen LogP contribution in [0.25, 0.3) is 0 Å². The van der Waals surface area contributed by atoms with E-state index < -0.39 is 9.84 Å². The van der Waals surface area contributed by atoms with Gasteiger partial charge in [-0.25, -0.2) is 13.2 Å². The molecule has 0 radical (unpaired) electrons. The van der Waals surface area contributed by atoms with Crippen LogP contribution >= 0.6 is 0 Å². The van der Waals surface area contributed by atoms with Crippen LogP contribution in [0.15, 0.2) is 11.6 Å². The van der Waals surface area contributed by atoms with Crippen molar-refractivity contribution >= 4 is 15.9 Å². The number of nitrogens with one attached hydrogen (secondary N) is 1. The molecule has 0 aromatic carbocycles. The fourth-order valence-corrected chi connectivity index (χ4v) is 4.61.